The van der Waals surface area contributed by atoms with Crippen molar-refractivity contribution in [1.82, 2.24) is 10.3 Å². The van der Waals surface area contributed by atoms with Gasteiger partial charge in [0.25, 0.3) is 0 Å². The molecule has 2 rings (SSSR count). The Kier molecular flexibility index (Phi) is 2.42. The van der Waals surface area contributed by atoms with E-state index in [4.69, 9.17) is 0 Å². The Morgan fingerprint density at radius 3 is 2.60 bits per heavy atom. The van der Waals surface area contributed by atoms with Gasteiger partial charge >= 0.3 is 6.18 Å². The number of alkyl halides is 3. The van der Waals surface area contributed by atoms with Crippen LogP contribution < -0.4 is 5.32 Å². The van der Waals surface area contributed by atoms with Crippen molar-refractivity contribution in [3.8, 4) is 0 Å². The fraction of sp³-hybridized carbons (Fsp3) is 0.500. The van der Waals surface area contributed by atoms with Crippen LogP contribution in [-0.4, -0.2) is 16.7 Å². The van der Waals surface area contributed by atoms with Gasteiger partial charge < -0.3 is 0 Å². The maximum absolute atomic E-state index is 12.5. The molecule has 0 amide bonds. The van der Waals surface area contributed by atoms with Gasteiger partial charge in [-0.15, -0.1) is 0 Å². The molecule has 1 fully saturated rings. The summed E-state index contributed by atoms with van der Waals surface area (Å²) in [6, 6.07) is 3.47. The van der Waals surface area contributed by atoms with Crippen LogP contribution in [0.15, 0.2) is 24.5 Å². The second-order valence-electron chi connectivity index (χ2n) is 3.79. The normalized spacial score (nSPS) is 18.9. The van der Waals surface area contributed by atoms with Crippen molar-refractivity contribution in [2.45, 2.75) is 31.1 Å². The first-order valence-electron chi connectivity index (χ1n) is 4.74. The lowest BCUT2D eigenvalue weighted by atomic mass is 10.2. The van der Waals surface area contributed by atoms with Gasteiger partial charge in [-0.05, 0) is 24.5 Å². The van der Waals surface area contributed by atoms with Crippen LogP contribution in [0.25, 0.3) is 0 Å². The maximum atomic E-state index is 12.5. The SMILES string of the molecule is FC(F)(F)C1(NCc2cccnc2)CC1. The molecular weight excluding hydrogens is 205 g/mol. The van der Waals surface area contributed by atoms with Crippen LogP contribution in [0.2, 0.25) is 0 Å². The standard InChI is InChI=1S/C10H11F3N2/c11-10(12,13)9(3-4-9)15-7-8-2-1-5-14-6-8/h1-2,5-6,15H,3-4,7H2. The lowest BCUT2D eigenvalue weighted by molar-refractivity contribution is -0.166. The van der Waals surface area contributed by atoms with E-state index in [2.05, 4.69) is 10.3 Å². The number of halogens is 3. The van der Waals surface area contributed by atoms with Crippen molar-refractivity contribution >= 4 is 0 Å². The maximum Gasteiger partial charge on any atom is 0.406 e. The Hall–Kier alpha value is -1.10. The molecular formula is C10H11F3N2. The molecule has 0 aliphatic heterocycles. The summed E-state index contributed by atoms with van der Waals surface area (Å²) in [6.45, 7) is 0.216. The Morgan fingerprint density at radius 1 is 1.40 bits per heavy atom. The van der Waals surface area contributed by atoms with Crippen LogP contribution in [0, 0.1) is 0 Å². The monoisotopic (exact) mass is 216 g/mol. The molecule has 2 nitrogen and oxygen atoms in total. The Balaban J connectivity index is 1.95. The average Bonchev–Trinajstić information content (AvgIpc) is 2.96. The van der Waals surface area contributed by atoms with Gasteiger partial charge in [0.1, 0.15) is 5.54 Å². The lowest BCUT2D eigenvalue weighted by Crippen LogP contribution is -2.44. The van der Waals surface area contributed by atoms with Crippen molar-refractivity contribution in [2.24, 2.45) is 0 Å². The number of nitrogens with zero attached hydrogens (tertiary/aromatic N) is 1. The molecule has 5 heteroatoms. The van der Waals surface area contributed by atoms with Gasteiger partial charge in [0.15, 0.2) is 0 Å². The van der Waals surface area contributed by atoms with Crippen LogP contribution in [0.5, 0.6) is 0 Å². The minimum atomic E-state index is -4.14. The number of nitrogens with one attached hydrogen (secondary N) is 1. The fourth-order valence-corrected chi connectivity index (χ4v) is 1.46. The van der Waals surface area contributed by atoms with E-state index >= 15 is 0 Å². The molecule has 0 spiro atoms. The van der Waals surface area contributed by atoms with Crippen molar-refractivity contribution < 1.29 is 13.2 Å². The molecule has 1 aromatic heterocycles. The zero-order valence-electron chi connectivity index (χ0n) is 8.01. The molecule has 0 saturated heterocycles. The van der Waals surface area contributed by atoms with E-state index in [1.807, 2.05) is 0 Å². The molecule has 1 aliphatic carbocycles. The number of aromatic nitrogens is 1. The van der Waals surface area contributed by atoms with Crippen molar-refractivity contribution in [3.63, 3.8) is 0 Å². The second kappa shape index (κ2) is 3.48. The smallest absolute Gasteiger partial charge is 0.299 e. The largest absolute Gasteiger partial charge is 0.406 e. The van der Waals surface area contributed by atoms with Gasteiger partial charge in [-0.25, -0.2) is 0 Å². The molecule has 0 atom stereocenters. The Bertz CT molecular complexity index is 330. The molecule has 15 heavy (non-hydrogen) atoms. The number of hydrogen-bond donors (Lipinski definition) is 1. The van der Waals surface area contributed by atoms with Gasteiger partial charge in [-0.3, -0.25) is 10.3 Å². The predicted molar refractivity (Wildman–Crippen MR) is 49.1 cm³/mol. The first-order valence-corrected chi connectivity index (χ1v) is 4.74. The highest BCUT2D eigenvalue weighted by atomic mass is 19.4. The van der Waals surface area contributed by atoms with Crippen LogP contribution in [-0.2, 0) is 6.54 Å². The molecule has 0 bridgehead atoms. The summed E-state index contributed by atoms with van der Waals surface area (Å²) in [5.74, 6) is 0. The molecule has 1 aromatic rings. The summed E-state index contributed by atoms with van der Waals surface area (Å²) in [6.07, 6.45) is -0.623. The second-order valence-corrected chi connectivity index (χ2v) is 3.79. The number of hydrogen-bond acceptors (Lipinski definition) is 2. The van der Waals surface area contributed by atoms with E-state index in [0.717, 1.165) is 5.56 Å². The molecule has 1 N–H and O–H groups in total. The van der Waals surface area contributed by atoms with Gasteiger partial charge in [0.2, 0.25) is 0 Å². The third-order valence-electron chi connectivity index (χ3n) is 2.65. The van der Waals surface area contributed by atoms with E-state index in [9.17, 15) is 13.2 Å². The Morgan fingerprint density at radius 2 is 2.13 bits per heavy atom. The van der Waals surface area contributed by atoms with Crippen molar-refractivity contribution in [2.75, 3.05) is 0 Å². The molecule has 0 aromatic carbocycles. The molecule has 0 radical (unpaired) electrons. The summed E-state index contributed by atoms with van der Waals surface area (Å²) >= 11 is 0. The molecule has 82 valence electrons. The van der Waals surface area contributed by atoms with Gasteiger partial charge in [-0.1, -0.05) is 6.07 Å². The van der Waals surface area contributed by atoms with E-state index < -0.39 is 11.7 Å². The van der Waals surface area contributed by atoms with E-state index in [-0.39, 0.29) is 19.4 Å². The van der Waals surface area contributed by atoms with Gasteiger partial charge in [0, 0.05) is 18.9 Å². The lowest BCUT2D eigenvalue weighted by Gasteiger charge is -2.20. The summed E-state index contributed by atoms with van der Waals surface area (Å²) < 4.78 is 37.6. The summed E-state index contributed by atoms with van der Waals surface area (Å²) in [5, 5.41) is 2.56. The van der Waals surface area contributed by atoms with Crippen LogP contribution in [0.4, 0.5) is 13.2 Å². The van der Waals surface area contributed by atoms with Gasteiger partial charge in [-0.2, -0.15) is 13.2 Å². The summed E-state index contributed by atoms with van der Waals surface area (Å²) in [4.78, 5) is 3.85. The highest BCUT2D eigenvalue weighted by molar-refractivity contribution is 5.13. The highest BCUT2D eigenvalue weighted by Crippen LogP contribution is 2.48. The number of rotatable bonds is 3. The zero-order valence-corrected chi connectivity index (χ0v) is 8.01. The average molecular weight is 216 g/mol. The van der Waals surface area contributed by atoms with Gasteiger partial charge in [0.05, 0.1) is 0 Å². The predicted octanol–water partition coefficient (Wildman–Crippen LogP) is 2.27. The summed E-state index contributed by atoms with van der Waals surface area (Å²) in [5.41, 5.74) is -0.865. The van der Waals surface area contributed by atoms with E-state index in [1.54, 1.807) is 24.5 Å². The molecule has 0 unspecified atom stereocenters. The zero-order chi connectivity index (χ0) is 10.9. The molecule has 1 saturated carbocycles. The highest BCUT2D eigenvalue weighted by Gasteiger charge is 2.62. The van der Waals surface area contributed by atoms with Crippen LogP contribution in [0.3, 0.4) is 0 Å². The Labute approximate surface area is 85.5 Å². The molecule has 1 aliphatic rings. The fourth-order valence-electron chi connectivity index (χ4n) is 1.46. The minimum Gasteiger partial charge on any atom is -0.299 e. The van der Waals surface area contributed by atoms with Crippen LogP contribution in [0.1, 0.15) is 18.4 Å². The van der Waals surface area contributed by atoms with E-state index in [0.29, 0.717) is 0 Å². The molecule has 1 heterocycles. The van der Waals surface area contributed by atoms with Crippen molar-refractivity contribution in [3.05, 3.63) is 30.1 Å². The number of pyridine rings is 1. The third kappa shape index (κ3) is 2.12. The van der Waals surface area contributed by atoms with Crippen molar-refractivity contribution in [1.29, 1.82) is 0 Å². The summed E-state index contributed by atoms with van der Waals surface area (Å²) in [7, 11) is 0. The topological polar surface area (TPSA) is 24.9 Å². The first kappa shape index (κ1) is 10.4. The minimum absolute atomic E-state index is 0.177. The third-order valence-corrected chi connectivity index (χ3v) is 2.65. The first-order chi connectivity index (χ1) is 7.04. The quantitative estimate of drug-likeness (QED) is 0.838. The van der Waals surface area contributed by atoms with Crippen LogP contribution >= 0.6 is 0 Å². The van der Waals surface area contributed by atoms with E-state index in [1.165, 1.54) is 0 Å².